The third kappa shape index (κ3) is 3.27. The molecule has 0 aromatic carbocycles. The molecule has 1 N–H and O–H groups in total. The quantitative estimate of drug-likeness (QED) is 0.822. The number of carbonyl (C=O) groups is 1. The SMILES string of the molecule is CC1(C)[C@@H]2CC[C@@]1(C)[C@@H](Nc1ncc(C(=O)N3CCOCC3)c(C(F)(F)F)n1)C2. The van der Waals surface area contributed by atoms with Crippen molar-refractivity contribution in [3.05, 3.63) is 17.5 Å². The van der Waals surface area contributed by atoms with Gasteiger partial charge in [0.05, 0.1) is 18.8 Å². The summed E-state index contributed by atoms with van der Waals surface area (Å²) in [5.74, 6) is -0.236. The summed E-state index contributed by atoms with van der Waals surface area (Å²) < 4.78 is 46.3. The summed E-state index contributed by atoms with van der Waals surface area (Å²) in [7, 11) is 0. The first-order valence-corrected chi connectivity index (χ1v) is 10.1. The van der Waals surface area contributed by atoms with Crippen LogP contribution in [-0.2, 0) is 10.9 Å². The first-order chi connectivity index (χ1) is 13.5. The molecule has 1 amide bonds. The molecule has 29 heavy (non-hydrogen) atoms. The third-order valence-electron chi connectivity index (χ3n) is 7.68. The fourth-order valence-corrected chi connectivity index (χ4v) is 5.34. The van der Waals surface area contributed by atoms with Crippen LogP contribution < -0.4 is 5.32 Å². The fraction of sp³-hybridized carbons (Fsp3) is 0.750. The second-order valence-corrected chi connectivity index (χ2v) is 9.17. The van der Waals surface area contributed by atoms with E-state index < -0.39 is 23.3 Å². The highest BCUT2D eigenvalue weighted by Crippen LogP contribution is 2.65. The summed E-state index contributed by atoms with van der Waals surface area (Å²) in [6.45, 7) is 7.80. The van der Waals surface area contributed by atoms with Crippen molar-refractivity contribution in [1.29, 1.82) is 0 Å². The van der Waals surface area contributed by atoms with Gasteiger partial charge in [0.1, 0.15) is 0 Å². The van der Waals surface area contributed by atoms with Crippen molar-refractivity contribution in [1.82, 2.24) is 14.9 Å². The van der Waals surface area contributed by atoms with E-state index in [9.17, 15) is 18.0 Å². The number of hydrogen-bond acceptors (Lipinski definition) is 5. The number of ether oxygens (including phenoxy) is 1. The molecule has 6 nitrogen and oxygen atoms in total. The molecule has 3 atom stereocenters. The van der Waals surface area contributed by atoms with Crippen LogP contribution in [0.2, 0.25) is 0 Å². The maximum atomic E-state index is 13.7. The van der Waals surface area contributed by atoms with Gasteiger partial charge in [-0.15, -0.1) is 0 Å². The standard InChI is InChI=1S/C20H27F3N4O2/c1-18(2)12-4-5-19(18,3)14(10-12)25-17-24-11-13(15(26-17)20(21,22)23)16(28)27-6-8-29-9-7-27/h11-12,14H,4-10H2,1-3H3,(H,24,25,26)/t12-,14+,19+/m1/s1. The Labute approximate surface area is 168 Å². The van der Waals surface area contributed by atoms with Crippen LogP contribution >= 0.6 is 0 Å². The molecule has 1 aromatic heterocycles. The molecule has 160 valence electrons. The van der Waals surface area contributed by atoms with Crippen molar-refractivity contribution in [2.45, 2.75) is 52.3 Å². The van der Waals surface area contributed by atoms with Gasteiger partial charge >= 0.3 is 6.18 Å². The molecule has 3 aliphatic rings. The molecule has 2 aliphatic carbocycles. The maximum Gasteiger partial charge on any atom is 0.434 e. The number of morpholine rings is 1. The van der Waals surface area contributed by atoms with Crippen molar-refractivity contribution >= 4 is 11.9 Å². The molecule has 2 bridgehead atoms. The number of carbonyl (C=O) groups excluding carboxylic acids is 1. The molecular formula is C20H27F3N4O2. The Morgan fingerprint density at radius 1 is 1.28 bits per heavy atom. The summed E-state index contributed by atoms with van der Waals surface area (Å²) in [5, 5.41) is 3.16. The van der Waals surface area contributed by atoms with E-state index in [1.165, 1.54) is 4.90 Å². The first-order valence-electron chi connectivity index (χ1n) is 10.1. The Morgan fingerprint density at radius 3 is 2.52 bits per heavy atom. The van der Waals surface area contributed by atoms with E-state index in [-0.39, 0.29) is 35.9 Å². The summed E-state index contributed by atoms with van der Waals surface area (Å²) in [4.78, 5) is 21.8. The predicted octanol–water partition coefficient (Wildman–Crippen LogP) is 3.59. The topological polar surface area (TPSA) is 67.4 Å². The lowest BCUT2D eigenvalue weighted by molar-refractivity contribution is -0.141. The van der Waals surface area contributed by atoms with Crippen LogP contribution in [0.4, 0.5) is 19.1 Å². The molecular weight excluding hydrogens is 385 g/mol. The van der Waals surface area contributed by atoms with Gasteiger partial charge in [-0.1, -0.05) is 20.8 Å². The van der Waals surface area contributed by atoms with Crippen molar-refractivity contribution in [3.63, 3.8) is 0 Å². The lowest BCUT2D eigenvalue weighted by Crippen LogP contribution is -2.42. The second kappa shape index (κ2) is 6.82. The van der Waals surface area contributed by atoms with E-state index in [1.807, 2.05) is 0 Å². The average molecular weight is 412 g/mol. The monoisotopic (exact) mass is 412 g/mol. The number of halogens is 3. The molecule has 4 rings (SSSR count). The van der Waals surface area contributed by atoms with Crippen molar-refractivity contribution in [3.8, 4) is 0 Å². The van der Waals surface area contributed by atoms with Gasteiger partial charge in [0.15, 0.2) is 5.69 Å². The van der Waals surface area contributed by atoms with E-state index >= 15 is 0 Å². The molecule has 0 spiro atoms. The molecule has 1 aromatic rings. The van der Waals surface area contributed by atoms with E-state index in [0.29, 0.717) is 19.1 Å². The van der Waals surface area contributed by atoms with Crippen molar-refractivity contribution in [2.24, 2.45) is 16.7 Å². The van der Waals surface area contributed by atoms with Gasteiger partial charge in [-0.05, 0) is 36.0 Å². The van der Waals surface area contributed by atoms with Crippen LogP contribution in [0, 0.1) is 16.7 Å². The number of anilines is 1. The Hall–Kier alpha value is -1.90. The van der Waals surface area contributed by atoms with Gasteiger partial charge in [0.25, 0.3) is 5.91 Å². The van der Waals surface area contributed by atoms with Gasteiger partial charge in [0, 0.05) is 25.3 Å². The minimum atomic E-state index is -4.74. The van der Waals surface area contributed by atoms with Crippen LogP contribution in [0.1, 0.15) is 56.1 Å². The van der Waals surface area contributed by atoms with Crippen molar-refractivity contribution < 1.29 is 22.7 Å². The van der Waals surface area contributed by atoms with Crippen molar-refractivity contribution in [2.75, 3.05) is 31.6 Å². The largest absolute Gasteiger partial charge is 0.434 e. The van der Waals surface area contributed by atoms with Gasteiger partial charge in [-0.25, -0.2) is 9.97 Å². The predicted molar refractivity (Wildman–Crippen MR) is 100 cm³/mol. The zero-order valence-corrected chi connectivity index (χ0v) is 17.0. The maximum absolute atomic E-state index is 13.7. The second-order valence-electron chi connectivity index (χ2n) is 9.17. The van der Waals surface area contributed by atoms with E-state index in [1.54, 1.807) is 0 Å². The Morgan fingerprint density at radius 2 is 1.97 bits per heavy atom. The summed E-state index contributed by atoms with van der Waals surface area (Å²) in [6, 6.07) is 0.0122. The van der Waals surface area contributed by atoms with Gasteiger partial charge in [0.2, 0.25) is 5.95 Å². The van der Waals surface area contributed by atoms with Crippen LogP contribution in [0.15, 0.2) is 6.20 Å². The number of aromatic nitrogens is 2. The van der Waals surface area contributed by atoms with E-state index in [4.69, 9.17) is 4.74 Å². The molecule has 0 unspecified atom stereocenters. The normalized spacial score (nSPS) is 31.2. The zero-order valence-electron chi connectivity index (χ0n) is 17.0. The van der Waals surface area contributed by atoms with E-state index in [0.717, 1.165) is 25.5 Å². The minimum absolute atomic E-state index is 0.0122. The molecule has 1 saturated heterocycles. The van der Waals surface area contributed by atoms with Gasteiger partial charge < -0.3 is 15.0 Å². The Balaban J connectivity index is 1.61. The smallest absolute Gasteiger partial charge is 0.378 e. The molecule has 3 fully saturated rings. The van der Waals surface area contributed by atoms with Gasteiger partial charge in [-0.3, -0.25) is 4.79 Å². The fourth-order valence-electron chi connectivity index (χ4n) is 5.34. The van der Waals surface area contributed by atoms with Gasteiger partial charge in [-0.2, -0.15) is 13.2 Å². The minimum Gasteiger partial charge on any atom is -0.378 e. The molecule has 2 saturated carbocycles. The highest BCUT2D eigenvalue weighted by Gasteiger charge is 2.61. The van der Waals surface area contributed by atoms with Crippen LogP contribution in [-0.4, -0.2) is 53.1 Å². The highest BCUT2D eigenvalue weighted by atomic mass is 19.4. The first kappa shape index (κ1) is 20.4. The average Bonchev–Trinajstić information content (AvgIpc) is 3.01. The molecule has 0 radical (unpaired) electrons. The Bertz CT molecular complexity index is 807. The number of nitrogens with one attached hydrogen (secondary N) is 1. The molecule has 2 heterocycles. The molecule has 9 heteroatoms. The molecule has 1 aliphatic heterocycles. The highest BCUT2D eigenvalue weighted by molar-refractivity contribution is 5.95. The van der Waals surface area contributed by atoms with Crippen LogP contribution in [0.25, 0.3) is 0 Å². The summed E-state index contributed by atoms with van der Waals surface area (Å²) in [6.07, 6.45) is -0.667. The Kier molecular flexibility index (Phi) is 4.79. The van der Waals surface area contributed by atoms with Crippen LogP contribution in [0.3, 0.4) is 0 Å². The third-order valence-corrected chi connectivity index (χ3v) is 7.68. The number of alkyl halides is 3. The lowest BCUT2D eigenvalue weighted by Gasteiger charge is -2.39. The zero-order chi connectivity index (χ0) is 21.0. The summed E-state index contributed by atoms with van der Waals surface area (Å²) in [5.41, 5.74) is -1.60. The van der Waals surface area contributed by atoms with E-state index in [2.05, 4.69) is 36.1 Å². The summed E-state index contributed by atoms with van der Waals surface area (Å²) >= 11 is 0. The number of nitrogens with zero attached hydrogens (tertiary/aromatic N) is 3. The van der Waals surface area contributed by atoms with Crippen LogP contribution in [0.5, 0.6) is 0 Å². The number of hydrogen-bond donors (Lipinski definition) is 1. The number of amides is 1. The number of fused-ring (bicyclic) bond motifs is 2. The lowest BCUT2D eigenvalue weighted by atomic mass is 9.69. The number of rotatable bonds is 3.